The largest absolute Gasteiger partial charge is 0.381 e. The number of aromatic nitrogens is 2. The smallest absolute Gasteiger partial charge is 0.146 e. The van der Waals surface area contributed by atoms with Crippen molar-refractivity contribution in [3.05, 3.63) is 17.6 Å². The first kappa shape index (κ1) is 12.8. The molecule has 0 aliphatic carbocycles. The molecule has 2 heterocycles. The second-order valence-electron chi connectivity index (χ2n) is 4.57. The molecule has 18 heavy (non-hydrogen) atoms. The molecule has 0 saturated carbocycles. The van der Waals surface area contributed by atoms with E-state index in [0.717, 1.165) is 50.8 Å². The lowest BCUT2D eigenvalue weighted by Crippen LogP contribution is -2.18. The predicted molar refractivity (Wildman–Crippen MR) is 68.1 cm³/mol. The highest BCUT2D eigenvalue weighted by molar-refractivity contribution is 5.39. The molecule has 5 nitrogen and oxygen atoms in total. The Balaban J connectivity index is 1.82. The molecule has 5 heteroatoms. The van der Waals surface area contributed by atoms with Crippen LogP contribution in [0.5, 0.6) is 0 Å². The van der Waals surface area contributed by atoms with Gasteiger partial charge in [-0.3, -0.25) is 0 Å². The van der Waals surface area contributed by atoms with Crippen molar-refractivity contribution < 1.29 is 4.74 Å². The Morgan fingerprint density at radius 2 is 2.22 bits per heavy atom. The molecule has 96 valence electrons. The highest BCUT2D eigenvalue weighted by Gasteiger charge is 2.13. The van der Waals surface area contributed by atoms with Gasteiger partial charge in [-0.1, -0.05) is 0 Å². The molecule has 0 aromatic carbocycles. The number of nitrogens with zero attached hydrogens (tertiary/aromatic N) is 3. The van der Waals surface area contributed by atoms with Gasteiger partial charge in [0.15, 0.2) is 0 Å². The summed E-state index contributed by atoms with van der Waals surface area (Å²) in [6, 6.07) is 3.73. The molecule has 1 fully saturated rings. The van der Waals surface area contributed by atoms with Gasteiger partial charge in [-0.05, 0) is 32.1 Å². The highest BCUT2D eigenvalue weighted by Crippen LogP contribution is 2.18. The minimum Gasteiger partial charge on any atom is -0.381 e. The molecule has 0 bridgehead atoms. The van der Waals surface area contributed by atoms with Crippen molar-refractivity contribution in [1.29, 1.82) is 5.26 Å². The second-order valence-corrected chi connectivity index (χ2v) is 4.57. The maximum absolute atomic E-state index is 8.83. The number of anilines is 1. The number of nitriles is 1. The highest BCUT2D eigenvalue weighted by atomic mass is 16.5. The standard InChI is InChI=1S/C13H18N4O/c1-10-16-12(9-14)8-13(17-10)15-5-2-11-3-6-18-7-4-11/h8,11H,2-7H2,1H3,(H,15,16,17). The fourth-order valence-corrected chi connectivity index (χ4v) is 2.15. The van der Waals surface area contributed by atoms with Gasteiger partial charge in [0.05, 0.1) is 0 Å². The Bertz CT molecular complexity index is 435. The van der Waals surface area contributed by atoms with Crippen LogP contribution in [0.15, 0.2) is 6.07 Å². The van der Waals surface area contributed by atoms with E-state index >= 15 is 0 Å². The molecular formula is C13H18N4O. The van der Waals surface area contributed by atoms with Crippen LogP contribution in [0.1, 0.15) is 30.8 Å². The fraction of sp³-hybridized carbons (Fsp3) is 0.615. The molecule has 1 saturated heterocycles. The van der Waals surface area contributed by atoms with E-state index in [1.165, 1.54) is 0 Å². The van der Waals surface area contributed by atoms with Crippen molar-refractivity contribution in [2.75, 3.05) is 25.1 Å². The van der Waals surface area contributed by atoms with Crippen molar-refractivity contribution in [3.8, 4) is 6.07 Å². The molecule has 0 spiro atoms. The molecule has 0 unspecified atom stereocenters. The van der Waals surface area contributed by atoms with E-state index < -0.39 is 0 Å². The van der Waals surface area contributed by atoms with E-state index in [0.29, 0.717) is 11.5 Å². The minimum absolute atomic E-state index is 0.413. The lowest BCUT2D eigenvalue weighted by atomic mass is 9.97. The maximum Gasteiger partial charge on any atom is 0.146 e. The molecule has 0 amide bonds. The molecule has 1 aliphatic rings. The Morgan fingerprint density at radius 3 is 2.94 bits per heavy atom. The Morgan fingerprint density at radius 1 is 1.44 bits per heavy atom. The van der Waals surface area contributed by atoms with Crippen molar-refractivity contribution in [1.82, 2.24) is 9.97 Å². The van der Waals surface area contributed by atoms with Crippen LogP contribution in [0.2, 0.25) is 0 Å². The fourth-order valence-electron chi connectivity index (χ4n) is 2.15. The average Bonchev–Trinajstić information content (AvgIpc) is 2.39. The summed E-state index contributed by atoms with van der Waals surface area (Å²) in [5.41, 5.74) is 0.413. The van der Waals surface area contributed by atoms with Crippen LogP contribution in [0.25, 0.3) is 0 Å². The lowest BCUT2D eigenvalue weighted by molar-refractivity contribution is 0.0649. The summed E-state index contributed by atoms with van der Waals surface area (Å²) in [6.45, 7) is 4.45. The molecule has 2 rings (SSSR count). The van der Waals surface area contributed by atoms with Crippen LogP contribution in [0, 0.1) is 24.2 Å². The van der Waals surface area contributed by atoms with Gasteiger partial charge in [-0.15, -0.1) is 0 Å². The molecule has 0 atom stereocenters. The SMILES string of the molecule is Cc1nc(C#N)cc(NCCC2CCOCC2)n1. The molecule has 1 aromatic heterocycles. The molecule has 1 aromatic rings. The van der Waals surface area contributed by atoms with Crippen LogP contribution < -0.4 is 5.32 Å². The lowest BCUT2D eigenvalue weighted by Gasteiger charge is -2.21. The average molecular weight is 246 g/mol. The van der Waals surface area contributed by atoms with Gasteiger partial charge >= 0.3 is 0 Å². The van der Waals surface area contributed by atoms with Crippen LogP contribution >= 0.6 is 0 Å². The Labute approximate surface area is 107 Å². The summed E-state index contributed by atoms with van der Waals surface area (Å²) in [5, 5.41) is 12.1. The van der Waals surface area contributed by atoms with Gasteiger partial charge in [0.25, 0.3) is 0 Å². The Hall–Kier alpha value is -1.67. The summed E-state index contributed by atoms with van der Waals surface area (Å²) >= 11 is 0. The molecule has 0 radical (unpaired) electrons. The number of hydrogen-bond acceptors (Lipinski definition) is 5. The summed E-state index contributed by atoms with van der Waals surface area (Å²) in [6.07, 6.45) is 3.41. The van der Waals surface area contributed by atoms with E-state index in [-0.39, 0.29) is 0 Å². The van der Waals surface area contributed by atoms with Gasteiger partial charge in [0, 0.05) is 25.8 Å². The Kier molecular flexibility index (Phi) is 4.48. The van der Waals surface area contributed by atoms with Gasteiger partial charge < -0.3 is 10.1 Å². The zero-order valence-corrected chi connectivity index (χ0v) is 10.6. The zero-order chi connectivity index (χ0) is 12.8. The van der Waals surface area contributed by atoms with Crippen molar-refractivity contribution in [2.45, 2.75) is 26.2 Å². The van der Waals surface area contributed by atoms with Crippen LogP contribution in [0.4, 0.5) is 5.82 Å². The van der Waals surface area contributed by atoms with Crippen LogP contribution in [-0.4, -0.2) is 29.7 Å². The number of rotatable bonds is 4. The third-order valence-electron chi connectivity index (χ3n) is 3.15. The summed E-state index contributed by atoms with van der Waals surface area (Å²) < 4.78 is 5.33. The number of aryl methyl sites for hydroxylation is 1. The topological polar surface area (TPSA) is 70.8 Å². The third-order valence-corrected chi connectivity index (χ3v) is 3.15. The van der Waals surface area contributed by atoms with E-state index in [9.17, 15) is 0 Å². The number of hydrogen-bond donors (Lipinski definition) is 1. The number of ether oxygens (including phenoxy) is 1. The van der Waals surface area contributed by atoms with E-state index in [1.54, 1.807) is 13.0 Å². The zero-order valence-electron chi connectivity index (χ0n) is 10.6. The third kappa shape index (κ3) is 3.67. The van der Waals surface area contributed by atoms with Crippen molar-refractivity contribution >= 4 is 5.82 Å². The van der Waals surface area contributed by atoms with Crippen LogP contribution in [-0.2, 0) is 4.74 Å². The quantitative estimate of drug-likeness (QED) is 0.878. The number of nitrogens with one attached hydrogen (secondary N) is 1. The second kappa shape index (κ2) is 6.31. The summed E-state index contributed by atoms with van der Waals surface area (Å²) in [7, 11) is 0. The van der Waals surface area contributed by atoms with E-state index in [1.807, 2.05) is 6.07 Å². The van der Waals surface area contributed by atoms with Crippen molar-refractivity contribution in [2.24, 2.45) is 5.92 Å². The van der Waals surface area contributed by atoms with E-state index in [2.05, 4.69) is 15.3 Å². The van der Waals surface area contributed by atoms with Gasteiger partial charge in [0.1, 0.15) is 23.4 Å². The summed E-state index contributed by atoms with van der Waals surface area (Å²) in [4.78, 5) is 8.29. The first-order valence-corrected chi connectivity index (χ1v) is 6.35. The van der Waals surface area contributed by atoms with E-state index in [4.69, 9.17) is 10.00 Å². The summed E-state index contributed by atoms with van der Waals surface area (Å²) in [5.74, 6) is 2.11. The first-order valence-electron chi connectivity index (χ1n) is 6.35. The van der Waals surface area contributed by atoms with Crippen molar-refractivity contribution in [3.63, 3.8) is 0 Å². The molecular weight excluding hydrogens is 228 g/mol. The predicted octanol–water partition coefficient (Wildman–Crippen LogP) is 1.89. The van der Waals surface area contributed by atoms with Crippen LogP contribution in [0.3, 0.4) is 0 Å². The first-order chi connectivity index (χ1) is 8.78. The van der Waals surface area contributed by atoms with Gasteiger partial charge in [0.2, 0.25) is 0 Å². The maximum atomic E-state index is 8.83. The minimum atomic E-state index is 0.413. The van der Waals surface area contributed by atoms with Gasteiger partial charge in [-0.25, -0.2) is 9.97 Å². The van der Waals surface area contributed by atoms with Gasteiger partial charge in [-0.2, -0.15) is 5.26 Å². The molecule has 1 N–H and O–H groups in total. The monoisotopic (exact) mass is 246 g/mol. The molecule has 1 aliphatic heterocycles. The normalized spacial score (nSPS) is 16.2.